The number of allylic oxidation sites excluding steroid dienone is 1. The molecular weight excluding hydrogens is 534 g/mol. The minimum Gasteiger partial charge on any atom is -0.497 e. The third kappa shape index (κ3) is 4.87. The van der Waals surface area contributed by atoms with Gasteiger partial charge in [-0.25, -0.2) is 9.79 Å². The number of esters is 1. The molecule has 0 radical (unpaired) electrons. The van der Waals surface area contributed by atoms with Crippen molar-refractivity contribution >= 4 is 29.1 Å². The van der Waals surface area contributed by atoms with Gasteiger partial charge in [-0.1, -0.05) is 35.6 Å². The first-order valence-corrected chi connectivity index (χ1v) is 13.2. The molecule has 1 unspecified atom stereocenters. The van der Waals surface area contributed by atoms with Crippen molar-refractivity contribution in [2.24, 2.45) is 4.99 Å². The zero-order valence-corrected chi connectivity index (χ0v) is 23.0. The largest absolute Gasteiger partial charge is 0.497 e. The normalized spacial score (nSPS) is 15.0. The average molecular weight is 560 g/mol. The fourth-order valence-electron chi connectivity index (χ4n) is 4.57. The van der Waals surface area contributed by atoms with Crippen molar-refractivity contribution in [3.8, 4) is 17.1 Å². The lowest BCUT2D eigenvalue weighted by Gasteiger charge is -2.24. The summed E-state index contributed by atoms with van der Waals surface area (Å²) in [6.07, 6.45) is 1.60. The third-order valence-electron chi connectivity index (χ3n) is 6.54. The summed E-state index contributed by atoms with van der Waals surface area (Å²) in [5.74, 6) is 0.924. The van der Waals surface area contributed by atoms with Gasteiger partial charge < -0.3 is 13.9 Å². The molecule has 0 fully saturated rings. The van der Waals surface area contributed by atoms with E-state index in [-0.39, 0.29) is 23.4 Å². The summed E-state index contributed by atoms with van der Waals surface area (Å²) < 4.78 is 18.4. The molecule has 1 aliphatic rings. The Labute approximate surface area is 232 Å². The summed E-state index contributed by atoms with van der Waals surface area (Å²) in [7, 11) is 1.56. The predicted octanol–water partition coefficient (Wildman–Crippen LogP) is 4.28. The lowest BCUT2D eigenvalue weighted by atomic mass is 9.96. The molecule has 0 spiro atoms. The van der Waals surface area contributed by atoms with Crippen LogP contribution >= 0.6 is 11.3 Å². The fraction of sp³-hybridized carbons (Fsp3) is 0.207. The number of nitrogens with zero attached hydrogens (tertiary/aromatic N) is 3. The molecule has 11 heteroatoms. The Hall–Kier alpha value is -4.77. The van der Waals surface area contributed by atoms with Gasteiger partial charge in [0.15, 0.2) is 4.80 Å². The Morgan fingerprint density at radius 1 is 1.18 bits per heavy atom. The van der Waals surface area contributed by atoms with Crippen molar-refractivity contribution in [1.29, 1.82) is 0 Å². The number of thiazole rings is 1. The van der Waals surface area contributed by atoms with E-state index < -0.39 is 16.9 Å². The van der Waals surface area contributed by atoms with Crippen LogP contribution in [-0.4, -0.2) is 29.2 Å². The minimum atomic E-state index is -0.747. The highest BCUT2D eigenvalue weighted by molar-refractivity contribution is 7.07. The van der Waals surface area contributed by atoms with E-state index in [4.69, 9.17) is 13.9 Å². The number of carbonyl (C=O) groups excluding carboxylic acids is 1. The van der Waals surface area contributed by atoms with Crippen LogP contribution in [0.15, 0.2) is 80.1 Å². The standard InChI is InChI=1S/C29H25N3O7S/c1-5-38-28(34)25-17(3)30-29-31(26(25)18-8-10-20(37-4)11-9-18)27(33)24(40-29)15-21-12-13-23(39-21)19-7-6-16(2)22(14-19)32(35)36/h6-15,26H,5H2,1-4H3/b24-15-. The van der Waals surface area contributed by atoms with Crippen molar-refractivity contribution < 1.29 is 23.6 Å². The molecule has 4 aromatic rings. The van der Waals surface area contributed by atoms with Crippen LogP contribution in [-0.2, 0) is 9.53 Å². The quantitative estimate of drug-likeness (QED) is 0.188. The highest BCUT2D eigenvalue weighted by atomic mass is 32.1. The van der Waals surface area contributed by atoms with Gasteiger partial charge in [0, 0.05) is 23.3 Å². The zero-order valence-electron chi connectivity index (χ0n) is 22.2. The number of carbonyl (C=O) groups is 1. The van der Waals surface area contributed by atoms with E-state index >= 15 is 0 Å². The molecule has 1 aliphatic heterocycles. The molecule has 0 bridgehead atoms. The Kier molecular flexibility index (Phi) is 7.22. The topological polar surface area (TPSA) is 126 Å². The average Bonchev–Trinajstić information content (AvgIpc) is 3.52. The number of hydrogen-bond donors (Lipinski definition) is 0. The van der Waals surface area contributed by atoms with Crippen LogP contribution in [0.25, 0.3) is 17.4 Å². The summed E-state index contributed by atoms with van der Waals surface area (Å²) in [6, 6.07) is 14.6. The zero-order chi connectivity index (χ0) is 28.6. The van der Waals surface area contributed by atoms with Crippen molar-refractivity contribution in [3.63, 3.8) is 0 Å². The molecule has 2 aromatic carbocycles. The van der Waals surface area contributed by atoms with Crippen LogP contribution in [0.4, 0.5) is 5.69 Å². The van der Waals surface area contributed by atoms with Crippen LogP contribution < -0.4 is 19.6 Å². The summed E-state index contributed by atoms with van der Waals surface area (Å²) >= 11 is 1.18. The van der Waals surface area contributed by atoms with E-state index in [1.54, 1.807) is 82.5 Å². The number of furan rings is 1. The molecule has 40 heavy (non-hydrogen) atoms. The highest BCUT2D eigenvalue weighted by Crippen LogP contribution is 2.32. The fourth-order valence-corrected chi connectivity index (χ4v) is 5.59. The predicted molar refractivity (Wildman–Crippen MR) is 149 cm³/mol. The van der Waals surface area contributed by atoms with Crippen LogP contribution in [0.3, 0.4) is 0 Å². The Morgan fingerprint density at radius 3 is 2.60 bits per heavy atom. The number of aromatic nitrogens is 1. The van der Waals surface area contributed by atoms with Crippen LogP contribution in [0.2, 0.25) is 0 Å². The molecule has 5 rings (SSSR count). The number of ether oxygens (including phenoxy) is 2. The first-order chi connectivity index (χ1) is 19.2. The summed E-state index contributed by atoms with van der Waals surface area (Å²) in [5.41, 5.74) is 2.20. The van der Waals surface area contributed by atoms with Gasteiger partial charge in [-0.2, -0.15) is 0 Å². The Morgan fingerprint density at radius 2 is 1.93 bits per heavy atom. The first-order valence-electron chi connectivity index (χ1n) is 12.4. The van der Waals surface area contributed by atoms with Crippen LogP contribution in [0.1, 0.15) is 36.8 Å². The number of benzene rings is 2. The van der Waals surface area contributed by atoms with E-state index in [0.29, 0.717) is 49.0 Å². The maximum Gasteiger partial charge on any atom is 0.338 e. The Balaban J connectivity index is 1.61. The van der Waals surface area contributed by atoms with E-state index in [1.807, 2.05) is 0 Å². The van der Waals surface area contributed by atoms with E-state index in [2.05, 4.69) is 4.99 Å². The molecular formula is C29H25N3O7S. The molecule has 204 valence electrons. The van der Waals surface area contributed by atoms with Gasteiger partial charge in [-0.05, 0) is 50.6 Å². The third-order valence-corrected chi connectivity index (χ3v) is 7.52. The lowest BCUT2D eigenvalue weighted by Crippen LogP contribution is -2.39. The van der Waals surface area contributed by atoms with Gasteiger partial charge in [0.1, 0.15) is 17.3 Å². The maximum absolute atomic E-state index is 13.8. The van der Waals surface area contributed by atoms with Gasteiger partial charge >= 0.3 is 5.97 Å². The van der Waals surface area contributed by atoms with Crippen molar-refractivity contribution in [1.82, 2.24) is 4.57 Å². The molecule has 10 nitrogen and oxygen atoms in total. The highest BCUT2D eigenvalue weighted by Gasteiger charge is 2.33. The van der Waals surface area contributed by atoms with Crippen LogP contribution in [0, 0.1) is 17.0 Å². The van der Waals surface area contributed by atoms with Crippen LogP contribution in [0.5, 0.6) is 5.75 Å². The SMILES string of the molecule is CCOC(=O)C1=C(C)N=c2s/c(=C\c3ccc(-c4ccc(C)c([N+](=O)[O-])c4)o3)c(=O)n2C1c1ccc(OC)cc1. The number of nitro benzene ring substituents is 1. The molecule has 2 aromatic heterocycles. The van der Waals surface area contributed by atoms with Gasteiger partial charge in [0.25, 0.3) is 11.2 Å². The second-order valence-electron chi connectivity index (χ2n) is 9.04. The maximum atomic E-state index is 13.8. The number of methoxy groups -OCH3 is 1. The lowest BCUT2D eigenvalue weighted by molar-refractivity contribution is -0.385. The van der Waals surface area contributed by atoms with Gasteiger partial charge in [-0.15, -0.1) is 0 Å². The summed E-state index contributed by atoms with van der Waals surface area (Å²) in [5, 5.41) is 11.4. The molecule has 0 aliphatic carbocycles. The molecule has 0 N–H and O–H groups in total. The first kappa shape index (κ1) is 26.8. The molecule has 3 heterocycles. The number of nitro groups is 1. The number of rotatable bonds is 7. The summed E-state index contributed by atoms with van der Waals surface area (Å²) in [6.45, 7) is 5.29. The molecule has 0 saturated carbocycles. The van der Waals surface area contributed by atoms with Crippen molar-refractivity contribution in [2.75, 3.05) is 13.7 Å². The number of fused-ring (bicyclic) bond motifs is 1. The summed E-state index contributed by atoms with van der Waals surface area (Å²) in [4.78, 5) is 42.7. The van der Waals surface area contributed by atoms with Gasteiger partial charge in [0.2, 0.25) is 0 Å². The smallest absolute Gasteiger partial charge is 0.338 e. The van der Waals surface area contributed by atoms with Crippen molar-refractivity contribution in [3.05, 3.63) is 113 Å². The number of aryl methyl sites for hydroxylation is 1. The Bertz CT molecular complexity index is 1850. The van der Waals surface area contributed by atoms with E-state index in [9.17, 15) is 19.7 Å². The molecule has 1 atom stereocenters. The molecule has 0 saturated heterocycles. The second kappa shape index (κ2) is 10.8. The monoisotopic (exact) mass is 559 g/mol. The minimum absolute atomic E-state index is 0.00457. The van der Waals surface area contributed by atoms with E-state index in [0.717, 1.165) is 0 Å². The number of hydrogen-bond acceptors (Lipinski definition) is 9. The molecule has 0 amide bonds. The van der Waals surface area contributed by atoms with E-state index in [1.165, 1.54) is 22.0 Å². The van der Waals surface area contributed by atoms with Crippen molar-refractivity contribution in [2.45, 2.75) is 26.8 Å². The second-order valence-corrected chi connectivity index (χ2v) is 10.0. The van der Waals surface area contributed by atoms with Gasteiger partial charge in [0.05, 0.1) is 40.5 Å². The van der Waals surface area contributed by atoms with Gasteiger partial charge in [-0.3, -0.25) is 19.5 Å².